The third kappa shape index (κ3) is 3.18. The lowest BCUT2D eigenvalue weighted by Gasteiger charge is -2.35. The van der Waals surface area contributed by atoms with Crippen molar-refractivity contribution >= 4 is 62.3 Å². The van der Waals surface area contributed by atoms with Gasteiger partial charge in [0.2, 0.25) is 0 Å². The lowest BCUT2D eigenvalue weighted by molar-refractivity contribution is 0.0731. The molecule has 3 heterocycles. The summed E-state index contributed by atoms with van der Waals surface area (Å²) in [6.45, 7) is 0. The fourth-order valence-corrected chi connectivity index (χ4v) is 4.11. The molecular weight excluding hydrogens is 476 g/mol. The maximum absolute atomic E-state index is 12.9. The summed E-state index contributed by atoms with van der Waals surface area (Å²) in [7, 11) is 1.68. The van der Waals surface area contributed by atoms with E-state index in [9.17, 15) is 4.79 Å². The first-order chi connectivity index (χ1) is 12.9. The SMILES string of the molecule is CN1C(=O)c2cc(Cl)cc(Cl)c2NC1c1cc(Br)nn1-c1ncccc1Cl. The fraction of sp³-hybridized carbons (Fsp3) is 0.118. The first-order valence-corrected chi connectivity index (χ1v) is 9.68. The Morgan fingerprint density at radius 2 is 1.96 bits per heavy atom. The summed E-state index contributed by atoms with van der Waals surface area (Å²) < 4.78 is 2.16. The normalized spacial score (nSPS) is 16.3. The Kier molecular flexibility index (Phi) is 4.80. The average Bonchev–Trinajstić information content (AvgIpc) is 3.00. The number of anilines is 1. The summed E-state index contributed by atoms with van der Waals surface area (Å²) in [6.07, 6.45) is 1.08. The van der Waals surface area contributed by atoms with Gasteiger partial charge in [-0.05, 0) is 46.3 Å². The number of carbonyl (C=O) groups excluding carboxylic acids is 1. The second kappa shape index (κ2) is 6.98. The predicted octanol–water partition coefficient (Wildman–Crippen LogP) is 5.19. The number of nitrogens with zero attached hydrogens (tertiary/aromatic N) is 4. The van der Waals surface area contributed by atoms with Crippen LogP contribution >= 0.6 is 50.7 Å². The highest BCUT2D eigenvalue weighted by molar-refractivity contribution is 9.10. The number of hydrogen-bond acceptors (Lipinski definition) is 4. The third-order valence-corrected chi connectivity index (χ3v) is 5.40. The number of aromatic nitrogens is 3. The van der Waals surface area contributed by atoms with E-state index < -0.39 is 6.17 Å². The Balaban J connectivity index is 1.86. The number of pyridine rings is 1. The van der Waals surface area contributed by atoms with E-state index >= 15 is 0 Å². The van der Waals surface area contributed by atoms with Crippen molar-refractivity contribution in [3.8, 4) is 5.82 Å². The predicted molar refractivity (Wildman–Crippen MR) is 109 cm³/mol. The average molecular weight is 488 g/mol. The number of nitrogens with one attached hydrogen (secondary N) is 1. The minimum absolute atomic E-state index is 0.214. The molecule has 1 amide bonds. The fourth-order valence-electron chi connectivity index (χ4n) is 2.97. The smallest absolute Gasteiger partial charge is 0.257 e. The number of benzene rings is 1. The second-order valence-corrected chi connectivity index (χ2v) is 7.95. The van der Waals surface area contributed by atoms with Crippen molar-refractivity contribution in [2.75, 3.05) is 12.4 Å². The summed E-state index contributed by atoms with van der Waals surface area (Å²) >= 11 is 22.0. The maximum atomic E-state index is 12.9. The van der Waals surface area contributed by atoms with Gasteiger partial charge in [0.15, 0.2) is 5.82 Å². The third-order valence-electron chi connectivity index (χ3n) is 4.20. The molecule has 0 bridgehead atoms. The van der Waals surface area contributed by atoms with E-state index in [1.54, 1.807) is 53.2 Å². The molecule has 1 aliphatic heterocycles. The first-order valence-electron chi connectivity index (χ1n) is 7.76. The van der Waals surface area contributed by atoms with Crippen LogP contribution in [0.25, 0.3) is 5.82 Å². The molecule has 138 valence electrons. The highest BCUT2D eigenvalue weighted by atomic mass is 79.9. The summed E-state index contributed by atoms with van der Waals surface area (Å²) in [6, 6.07) is 8.43. The lowest BCUT2D eigenvalue weighted by Crippen LogP contribution is -2.41. The molecule has 1 unspecified atom stereocenters. The van der Waals surface area contributed by atoms with E-state index in [4.69, 9.17) is 34.8 Å². The van der Waals surface area contributed by atoms with Gasteiger partial charge in [-0.1, -0.05) is 34.8 Å². The molecule has 0 fully saturated rings. The van der Waals surface area contributed by atoms with Crippen LogP contribution < -0.4 is 5.32 Å². The van der Waals surface area contributed by atoms with Crippen molar-refractivity contribution in [3.05, 3.63) is 67.5 Å². The van der Waals surface area contributed by atoms with Gasteiger partial charge in [0.1, 0.15) is 10.8 Å². The van der Waals surface area contributed by atoms with Gasteiger partial charge in [-0.25, -0.2) is 9.67 Å². The monoisotopic (exact) mass is 485 g/mol. The van der Waals surface area contributed by atoms with Crippen LogP contribution in [0.5, 0.6) is 0 Å². The van der Waals surface area contributed by atoms with Gasteiger partial charge >= 0.3 is 0 Å². The summed E-state index contributed by atoms with van der Waals surface area (Å²) in [5, 5.41) is 8.91. The highest BCUT2D eigenvalue weighted by Crippen LogP contribution is 2.39. The molecule has 6 nitrogen and oxygen atoms in total. The summed E-state index contributed by atoms with van der Waals surface area (Å²) in [5.74, 6) is 0.240. The van der Waals surface area contributed by atoms with Crippen molar-refractivity contribution in [3.63, 3.8) is 0 Å². The number of amides is 1. The quantitative estimate of drug-likeness (QED) is 0.541. The van der Waals surface area contributed by atoms with Gasteiger partial charge in [-0.15, -0.1) is 0 Å². The minimum atomic E-state index is -0.541. The molecule has 3 aromatic rings. The van der Waals surface area contributed by atoms with Crippen LogP contribution in [-0.4, -0.2) is 32.6 Å². The molecule has 1 N–H and O–H groups in total. The number of fused-ring (bicyclic) bond motifs is 1. The molecule has 4 rings (SSSR count). The Labute approximate surface area is 178 Å². The second-order valence-electron chi connectivity index (χ2n) is 5.89. The Bertz CT molecular complexity index is 1070. The molecule has 0 radical (unpaired) electrons. The molecule has 0 saturated carbocycles. The van der Waals surface area contributed by atoms with Crippen LogP contribution in [0.3, 0.4) is 0 Å². The molecule has 0 aliphatic carbocycles. The topological polar surface area (TPSA) is 63.1 Å². The largest absolute Gasteiger partial charge is 0.358 e. The van der Waals surface area contributed by atoms with Crippen molar-refractivity contribution in [2.45, 2.75) is 6.17 Å². The Morgan fingerprint density at radius 3 is 2.70 bits per heavy atom. The lowest BCUT2D eigenvalue weighted by atomic mass is 10.1. The van der Waals surface area contributed by atoms with Gasteiger partial charge in [0.25, 0.3) is 5.91 Å². The van der Waals surface area contributed by atoms with Crippen molar-refractivity contribution in [1.29, 1.82) is 0 Å². The molecule has 1 aliphatic rings. The van der Waals surface area contributed by atoms with Gasteiger partial charge in [-0.3, -0.25) is 4.79 Å². The first kappa shape index (κ1) is 18.6. The van der Waals surface area contributed by atoms with Crippen LogP contribution in [0.2, 0.25) is 15.1 Å². The number of halogens is 4. The number of hydrogen-bond donors (Lipinski definition) is 1. The number of rotatable bonds is 2. The van der Waals surface area contributed by atoms with E-state index in [-0.39, 0.29) is 5.91 Å². The Morgan fingerprint density at radius 1 is 1.19 bits per heavy atom. The zero-order chi connectivity index (χ0) is 19.3. The van der Waals surface area contributed by atoms with Crippen molar-refractivity contribution < 1.29 is 4.79 Å². The minimum Gasteiger partial charge on any atom is -0.358 e. The van der Waals surface area contributed by atoms with Crippen molar-refractivity contribution in [2.24, 2.45) is 0 Å². The molecule has 0 spiro atoms. The molecule has 1 atom stereocenters. The van der Waals surface area contributed by atoms with E-state index in [0.717, 1.165) is 0 Å². The van der Waals surface area contributed by atoms with Gasteiger partial charge in [-0.2, -0.15) is 5.10 Å². The van der Waals surface area contributed by atoms with Gasteiger partial charge < -0.3 is 10.2 Å². The van der Waals surface area contributed by atoms with E-state index in [1.807, 2.05) is 0 Å². The van der Waals surface area contributed by atoms with Crippen LogP contribution in [0, 0.1) is 0 Å². The van der Waals surface area contributed by atoms with E-state index in [2.05, 4.69) is 31.3 Å². The standard InChI is InChI=1S/C17H11BrCl3N5O/c1-25-16(23-14-9(17(25)27)5-8(19)6-11(14)21)12-7-13(18)24-26(12)15-10(20)3-2-4-22-15/h2-7,16,23H,1H3. The maximum Gasteiger partial charge on any atom is 0.257 e. The van der Waals surface area contributed by atoms with Crippen LogP contribution in [0.1, 0.15) is 22.2 Å². The number of carbonyl (C=O) groups is 1. The molecule has 10 heteroatoms. The van der Waals surface area contributed by atoms with Gasteiger partial charge in [0, 0.05) is 18.3 Å². The zero-order valence-electron chi connectivity index (χ0n) is 13.8. The van der Waals surface area contributed by atoms with E-state index in [0.29, 0.717) is 42.4 Å². The molecule has 27 heavy (non-hydrogen) atoms. The van der Waals surface area contributed by atoms with Crippen LogP contribution in [-0.2, 0) is 0 Å². The molecule has 2 aromatic heterocycles. The summed E-state index contributed by atoms with van der Waals surface area (Å²) in [5.41, 5.74) is 1.59. The van der Waals surface area contributed by atoms with E-state index in [1.165, 1.54) is 0 Å². The zero-order valence-corrected chi connectivity index (χ0v) is 17.6. The van der Waals surface area contributed by atoms with Crippen molar-refractivity contribution in [1.82, 2.24) is 19.7 Å². The van der Waals surface area contributed by atoms with Crippen LogP contribution in [0.15, 0.2) is 41.1 Å². The van der Waals surface area contributed by atoms with Gasteiger partial charge in [0.05, 0.1) is 27.0 Å². The highest BCUT2D eigenvalue weighted by Gasteiger charge is 2.34. The molecular formula is C17H11BrCl3N5O. The molecule has 1 aromatic carbocycles. The van der Waals surface area contributed by atoms with Crippen LogP contribution in [0.4, 0.5) is 5.69 Å². The Hall–Kier alpha value is -1.80. The molecule has 0 saturated heterocycles. The summed E-state index contributed by atoms with van der Waals surface area (Å²) in [4.78, 5) is 18.8.